The predicted octanol–water partition coefficient (Wildman–Crippen LogP) is 2.49. The number of carbonyl (C=O) groups excluding carboxylic acids is 1. The van der Waals surface area contributed by atoms with E-state index < -0.39 is 0 Å². The van der Waals surface area contributed by atoms with Crippen LogP contribution in [0.5, 0.6) is 0 Å². The molecule has 5 heteroatoms. The molecule has 0 amide bonds. The first-order valence-electron chi connectivity index (χ1n) is 7.52. The van der Waals surface area contributed by atoms with Crippen LogP contribution in [-0.4, -0.2) is 27.8 Å². The van der Waals surface area contributed by atoms with Gasteiger partial charge in [0.25, 0.3) is 0 Å². The number of aromatic nitrogens is 3. The average molecular weight is 287 g/mol. The topological polar surface area (TPSA) is 57.0 Å². The lowest BCUT2D eigenvalue weighted by Crippen LogP contribution is -2.23. The normalized spacial score (nSPS) is 22.4. The summed E-state index contributed by atoms with van der Waals surface area (Å²) in [6, 6.07) is 2.18. The van der Waals surface area contributed by atoms with Gasteiger partial charge in [-0.3, -0.25) is 14.5 Å². The number of rotatable bonds is 3. The van der Waals surface area contributed by atoms with Crippen molar-refractivity contribution >= 4 is 17.0 Å². The van der Waals surface area contributed by atoms with Crippen molar-refractivity contribution in [2.45, 2.75) is 32.1 Å². The minimum Gasteiger partial charge on any atom is -0.469 e. The van der Waals surface area contributed by atoms with Crippen molar-refractivity contribution in [2.24, 2.45) is 18.9 Å². The first-order valence-corrected chi connectivity index (χ1v) is 7.52. The molecule has 5 nitrogen and oxygen atoms in total. The molecular formula is C16H21N3O2. The van der Waals surface area contributed by atoms with Gasteiger partial charge in [0.1, 0.15) is 5.52 Å². The van der Waals surface area contributed by atoms with Gasteiger partial charge in [0, 0.05) is 13.2 Å². The van der Waals surface area contributed by atoms with E-state index in [1.807, 2.05) is 17.9 Å². The third kappa shape index (κ3) is 2.91. The van der Waals surface area contributed by atoms with Gasteiger partial charge in [0.2, 0.25) is 0 Å². The van der Waals surface area contributed by atoms with Gasteiger partial charge in [-0.05, 0) is 49.7 Å². The van der Waals surface area contributed by atoms with Crippen LogP contribution in [0, 0.1) is 11.8 Å². The molecule has 0 saturated heterocycles. The fraction of sp³-hybridized carbons (Fsp3) is 0.562. The Morgan fingerprint density at radius 3 is 2.81 bits per heavy atom. The van der Waals surface area contributed by atoms with E-state index in [1.54, 1.807) is 6.20 Å². The Labute approximate surface area is 124 Å². The first kappa shape index (κ1) is 14.0. The molecule has 1 aliphatic carbocycles. The number of ether oxygens (including phenoxy) is 1. The van der Waals surface area contributed by atoms with E-state index in [0.717, 1.165) is 43.1 Å². The van der Waals surface area contributed by atoms with Crippen molar-refractivity contribution in [3.63, 3.8) is 0 Å². The molecule has 0 aliphatic heterocycles. The predicted molar refractivity (Wildman–Crippen MR) is 79.7 cm³/mol. The number of fused-ring (bicyclic) bond motifs is 1. The summed E-state index contributed by atoms with van der Waals surface area (Å²) in [5.41, 5.74) is 3.28. The molecule has 0 aromatic carbocycles. The van der Waals surface area contributed by atoms with E-state index in [2.05, 4.69) is 16.1 Å². The number of methoxy groups -OCH3 is 1. The molecular weight excluding hydrogens is 266 g/mol. The molecule has 112 valence electrons. The lowest BCUT2D eigenvalue weighted by molar-refractivity contribution is -0.146. The highest BCUT2D eigenvalue weighted by atomic mass is 16.5. The molecule has 0 N–H and O–H groups in total. The second kappa shape index (κ2) is 5.84. The molecule has 3 rings (SSSR count). The van der Waals surface area contributed by atoms with Crippen LogP contribution >= 0.6 is 0 Å². The van der Waals surface area contributed by atoms with Crippen LogP contribution in [0.4, 0.5) is 0 Å². The Bertz CT molecular complexity index is 642. The average Bonchev–Trinajstić information content (AvgIpc) is 2.88. The maximum Gasteiger partial charge on any atom is 0.308 e. The second-order valence-corrected chi connectivity index (χ2v) is 5.96. The summed E-state index contributed by atoms with van der Waals surface area (Å²) in [6.07, 6.45) is 8.84. The summed E-state index contributed by atoms with van der Waals surface area (Å²) in [6.45, 7) is 0. The summed E-state index contributed by atoms with van der Waals surface area (Å²) >= 11 is 0. The summed E-state index contributed by atoms with van der Waals surface area (Å²) < 4.78 is 6.70. The smallest absolute Gasteiger partial charge is 0.308 e. The van der Waals surface area contributed by atoms with E-state index in [9.17, 15) is 4.79 Å². The highest BCUT2D eigenvalue weighted by molar-refractivity contribution is 5.74. The van der Waals surface area contributed by atoms with Gasteiger partial charge in [-0.1, -0.05) is 0 Å². The minimum atomic E-state index is -0.0496. The number of aryl methyl sites for hydroxylation is 1. The maximum atomic E-state index is 11.5. The molecule has 2 aromatic heterocycles. The third-order valence-corrected chi connectivity index (χ3v) is 4.56. The molecule has 0 radical (unpaired) electrons. The molecule has 0 atom stereocenters. The van der Waals surface area contributed by atoms with Crippen molar-refractivity contribution in [1.29, 1.82) is 0 Å². The van der Waals surface area contributed by atoms with Crippen LogP contribution in [0.2, 0.25) is 0 Å². The second-order valence-electron chi connectivity index (χ2n) is 5.96. The van der Waals surface area contributed by atoms with Crippen LogP contribution in [0.3, 0.4) is 0 Å². The largest absolute Gasteiger partial charge is 0.469 e. The molecule has 0 bridgehead atoms. The molecule has 1 fully saturated rings. The standard InChI is InChI=1S/C16H21N3O2/c1-19-15-8-12(9-17-14(15)10-18-19)7-11-3-5-13(6-4-11)16(20)21-2/h8-11,13H,3-7H2,1-2H3/t11-,13-. The summed E-state index contributed by atoms with van der Waals surface area (Å²) in [7, 11) is 3.42. The fourth-order valence-electron chi connectivity index (χ4n) is 3.28. The first-order chi connectivity index (χ1) is 10.2. The third-order valence-electron chi connectivity index (χ3n) is 4.56. The zero-order chi connectivity index (χ0) is 14.8. The van der Waals surface area contributed by atoms with Crippen LogP contribution < -0.4 is 0 Å². The van der Waals surface area contributed by atoms with E-state index in [0.29, 0.717) is 5.92 Å². The van der Waals surface area contributed by atoms with Crippen molar-refractivity contribution in [1.82, 2.24) is 14.8 Å². The van der Waals surface area contributed by atoms with Gasteiger partial charge in [-0.15, -0.1) is 0 Å². The minimum absolute atomic E-state index is 0.0496. The van der Waals surface area contributed by atoms with E-state index in [-0.39, 0.29) is 11.9 Å². The molecule has 2 heterocycles. The number of esters is 1. The van der Waals surface area contributed by atoms with Gasteiger partial charge in [0.05, 0.1) is 24.7 Å². The summed E-state index contributed by atoms with van der Waals surface area (Å²) in [5, 5.41) is 4.23. The molecule has 1 aliphatic rings. The Morgan fingerprint density at radius 2 is 2.10 bits per heavy atom. The summed E-state index contributed by atoms with van der Waals surface area (Å²) in [4.78, 5) is 16.0. The maximum absolute atomic E-state index is 11.5. The van der Waals surface area contributed by atoms with E-state index in [1.165, 1.54) is 12.7 Å². The number of nitrogens with zero attached hydrogens (tertiary/aromatic N) is 3. The van der Waals surface area contributed by atoms with Gasteiger partial charge in [0.15, 0.2) is 0 Å². The molecule has 1 saturated carbocycles. The van der Waals surface area contributed by atoms with Crippen LogP contribution in [-0.2, 0) is 23.0 Å². The Balaban J connectivity index is 1.64. The SMILES string of the molecule is COC(=O)[C@H]1CC[C@H](Cc2cnc3cnn(C)c3c2)CC1. The van der Waals surface area contributed by atoms with Crippen molar-refractivity contribution in [3.8, 4) is 0 Å². The van der Waals surface area contributed by atoms with E-state index in [4.69, 9.17) is 4.74 Å². The molecule has 21 heavy (non-hydrogen) atoms. The zero-order valence-corrected chi connectivity index (χ0v) is 12.6. The molecule has 0 spiro atoms. The zero-order valence-electron chi connectivity index (χ0n) is 12.6. The Morgan fingerprint density at radius 1 is 1.33 bits per heavy atom. The molecule has 2 aromatic rings. The van der Waals surface area contributed by atoms with Crippen molar-refractivity contribution in [3.05, 3.63) is 24.0 Å². The highest BCUT2D eigenvalue weighted by Gasteiger charge is 2.26. The highest BCUT2D eigenvalue weighted by Crippen LogP contribution is 2.31. The lowest BCUT2D eigenvalue weighted by atomic mass is 9.79. The van der Waals surface area contributed by atoms with Gasteiger partial charge >= 0.3 is 5.97 Å². The van der Waals surface area contributed by atoms with Crippen molar-refractivity contribution in [2.75, 3.05) is 7.11 Å². The number of carbonyl (C=O) groups is 1. The fourth-order valence-corrected chi connectivity index (χ4v) is 3.28. The summed E-state index contributed by atoms with van der Waals surface area (Å²) in [5.74, 6) is 0.689. The molecule has 0 unspecified atom stereocenters. The quantitative estimate of drug-likeness (QED) is 0.814. The van der Waals surface area contributed by atoms with Crippen LogP contribution in [0.25, 0.3) is 11.0 Å². The number of pyridine rings is 1. The van der Waals surface area contributed by atoms with Gasteiger partial charge < -0.3 is 4.74 Å². The number of hydrogen-bond acceptors (Lipinski definition) is 4. The number of hydrogen-bond donors (Lipinski definition) is 0. The van der Waals surface area contributed by atoms with Crippen LogP contribution in [0.15, 0.2) is 18.5 Å². The Hall–Kier alpha value is -1.91. The van der Waals surface area contributed by atoms with Gasteiger partial charge in [-0.2, -0.15) is 5.10 Å². The van der Waals surface area contributed by atoms with Crippen molar-refractivity contribution < 1.29 is 9.53 Å². The lowest BCUT2D eigenvalue weighted by Gasteiger charge is -2.26. The monoisotopic (exact) mass is 287 g/mol. The van der Waals surface area contributed by atoms with Crippen LogP contribution in [0.1, 0.15) is 31.2 Å². The van der Waals surface area contributed by atoms with E-state index >= 15 is 0 Å². The van der Waals surface area contributed by atoms with Gasteiger partial charge in [-0.25, -0.2) is 0 Å². The Kier molecular flexibility index (Phi) is 3.90.